The second-order valence-corrected chi connectivity index (χ2v) is 11.3. The van der Waals surface area contributed by atoms with Gasteiger partial charge in [0.05, 0.1) is 29.2 Å². The summed E-state index contributed by atoms with van der Waals surface area (Å²) in [5.74, 6) is 0.863. The molecule has 1 N–H and O–H groups in total. The maximum atomic E-state index is 12.5. The fraction of sp³-hybridized carbons (Fsp3) is 0.231. The van der Waals surface area contributed by atoms with Crippen LogP contribution in [0.4, 0.5) is 0 Å². The fourth-order valence-corrected chi connectivity index (χ4v) is 5.90. The first-order chi connectivity index (χ1) is 17.7. The summed E-state index contributed by atoms with van der Waals surface area (Å²) in [4.78, 5) is 19.5. The zero-order valence-electron chi connectivity index (χ0n) is 20.8. The highest BCUT2D eigenvalue weighted by Crippen LogP contribution is 2.36. The van der Waals surface area contributed by atoms with Crippen LogP contribution in [-0.2, 0) is 10.0 Å². The van der Waals surface area contributed by atoms with Crippen molar-refractivity contribution in [3.63, 3.8) is 0 Å². The quantitative estimate of drug-likeness (QED) is 0.287. The Morgan fingerprint density at radius 1 is 0.919 bits per heavy atom. The first-order valence-corrected chi connectivity index (χ1v) is 13.8. The number of fused-ring (bicyclic) bond motifs is 2. The molecule has 0 aliphatic heterocycles. The van der Waals surface area contributed by atoms with Crippen LogP contribution in [0.25, 0.3) is 32.0 Å². The van der Waals surface area contributed by atoms with Crippen molar-refractivity contribution >= 4 is 42.7 Å². The molecular formula is C26H25N5O4S2. The van der Waals surface area contributed by atoms with E-state index in [1.807, 2.05) is 32.9 Å². The van der Waals surface area contributed by atoms with Crippen LogP contribution in [0.3, 0.4) is 0 Å². The monoisotopic (exact) mass is 535 g/mol. The van der Waals surface area contributed by atoms with Gasteiger partial charge in [-0.25, -0.2) is 33.1 Å². The first kappa shape index (κ1) is 25.0. The molecule has 3 heterocycles. The molecule has 0 aliphatic carbocycles. The fourth-order valence-electron chi connectivity index (χ4n) is 3.86. The van der Waals surface area contributed by atoms with E-state index >= 15 is 0 Å². The molecule has 190 valence electrons. The van der Waals surface area contributed by atoms with E-state index in [2.05, 4.69) is 19.7 Å². The van der Waals surface area contributed by atoms with Crippen molar-refractivity contribution in [3.05, 3.63) is 65.4 Å². The zero-order valence-corrected chi connectivity index (χ0v) is 22.4. The standard InChI is InChI=1S/C26H25N5O4S2/c1-15-5-7-18(8-6-15)37(32,33)28-9-10-35-21-13-17(3)23-26(30-21)36-25(31-23)19-11-16(2)12-20-24(19)27-14-22(29-20)34-4/h5-8,11-14,28H,9-10H2,1-4H3. The number of ether oxygens (including phenoxy) is 2. The SMILES string of the molecule is COc1cnc2c(-c3nc4c(C)cc(OCCNS(=O)(=O)c5ccc(C)cc5)nc4s3)cc(C)cc2n1. The van der Waals surface area contributed by atoms with Gasteiger partial charge in [0.1, 0.15) is 22.0 Å². The number of pyridine rings is 1. The van der Waals surface area contributed by atoms with Crippen LogP contribution in [0.2, 0.25) is 0 Å². The Kier molecular flexibility index (Phi) is 6.76. The number of hydrogen-bond donors (Lipinski definition) is 1. The second-order valence-electron chi connectivity index (χ2n) is 8.60. The third kappa shape index (κ3) is 5.24. The molecule has 0 saturated carbocycles. The Hall–Kier alpha value is -3.67. The van der Waals surface area contributed by atoms with E-state index in [9.17, 15) is 8.42 Å². The summed E-state index contributed by atoms with van der Waals surface area (Å²) in [6.07, 6.45) is 1.59. The van der Waals surface area contributed by atoms with Crippen LogP contribution in [0, 0.1) is 20.8 Å². The number of nitrogens with zero attached hydrogens (tertiary/aromatic N) is 4. The minimum absolute atomic E-state index is 0.111. The Labute approximate surface area is 218 Å². The number of aryl methyl sites for hydroxylation is 3. The van der Waals surface area contributed by atoms with E-state index in [1.54, 1.807) is 43.6 Å². The van der Waals surface area contributed by atoms with Crippen molar-refractivity contribution in [1.29, 1.82) is 0 Å². The highest BCUT2D eigenvalue weighted by Gasteiger charge is 2.17. The summed E-state index contributed by atoms with van der Waals surface area (Å²) in [6, 6.07) is 12.5. The molecule has 0 radical (unpaired) electrons. The lowest BCUT2D eigenvalue weighted by atomic mass is 10.1. The predicted molar refractivity (Wildman–Crippen MR) is 144 cm³/mol. The number of rotatable bonds is 8. The van der Waals surface area contributed by atoms with E-state index in [0.717, 1.165) is 48.6 Å². The van der Waals surface area contributed by atoms with Crippen molar-refractivity contribution < 1.29 is 17.9 Å². The molecule has 0 unspecified atom stereocenters. The maximum Gasteiger partial charge on any atom is 0.240 e. The lowest BCUT2D eigenvalue weighted by Gasteiger charge is -2.09. The molecule has 2 aromatic carbocycles. The molecule has 37 heavy (non-hydrogen) atoms. The van der Waals surface area contributed by atoms with E-state index < -0.39 is 10.0 Å². The van der Waals surface area contributed by atoms with Gasteiger partial charge in [-0.3, -0.25) is 0 Å². The van der Waals surface area contributed by atoms with E-state index in [4.69, 9.17) is 14.5 Å². The first-order valence-electron chi connectivity index (χ1n) is 11.5. The Morgan fingerprint density at radius 2 is 1.70 bits per heavy atom. The highest BCUT2D eigenvalue weighted by atomic mass is 32.2. The summed E-state index contributed by atoms with van der Waals surface area (Å²) in [6.45, 7) is 6.10. The smallest absolute Gasteiger partial charge is 0.240 e. The van der Waals surface area contributed by atoms with E-state index in [-0.39, 0.29) is 18.0 Å². The molecule has 3 aromatic heterocycles. The summed E-state index contributed by atoms with van der Waals surface area (Å²) in [7, 11) is -2.04. The lowest BCUT2D eigenvalue weighted by molar-refractivity contribution is 0.311. The number of aromatic nitrogens is 4. The molecule has 0 amide bonds. The van der Waals surface area contributed by atoms with Gasteiger partial charge in [-0.15, -0.1) is 0 Å². The average Bonchev–Trinajstić information content (AvgIpc) is 3.31. The number of thiazole rings is 1. The van der Waals surface area contributed by atoms with Crippen LogP contribution in [0.15, 0.2) is 53.6 Å². The minimum Gasteiger partial charge on any atom is -0.480 e. The third-order valence-electron chi connectivity index (χ3n) is 5.72. The van der Waals surface area contributed by atoms with Crippen molar-refractivity contribution in [2.24, 2.45) is 0 Å². The number of nitrogens with one attached hydrogen (secondary N) is 1. The van der Waals surface area contributed by atoms with Gasteiger partial charge >= 0.3 is 0 Å². The summed E-state index contributed by atoms with van der Waals surface area (Å²) in [5, 5.41) is 0.779. The number of hydrogen-bond acceptors (Lipinski definition) is 9. The van der Waals surface area contributed by atoms with Crippen molar-refractivity contribution in [3.8, 4) is 22.3 Å². The van der Waals surface area contributed by atoms with Gasteiger partial charge in [-0.1, -0.05) is 29.0 Å². The van der Waals surface area contributed by atoms with Crippen molar-refractivity contribution in [2.45, 2.75) is 25.7 Å². The lowest BCUT2D eigenvalue weighted by Crippen LogP contribution is -2.28. The van der Waals surface area contributed by atoms with Gasteiger partial charge < -0.3 is 9.47 Å². The van der Waals surface area contributed by atoms with Crippen LogP contribution < -0.4 is 14.2 Å². The molecule has 0 saturated heterocycles. The number of sulfonamides is 1. The van der Waals surface area contributed by atoms with Crippen LogP contribution >= 0.6 is 11.3 Å². The van der Waals surface area contributed by atoms with Gasteiger partial charge in [0, 0.05) is 18.2 Å². The molecule has 0 atom stereocenters. The largest absolute Gasteiger partial charge is 0.480 e. The zero-order chi connectivity index (χ0) is 26.2. The van der Waals surface area contributed by atoms with Crippen molar-refractivity contribution in [2.75, 3.05) is 20.3 Å². The normalized spacial score (nSPS) is 11.8. The molecule has 5 aromatic rings. The molecule has 11 heteroatoms. The summed E-state index contributed by atoms with van der Waals surface area (Å²) < 4.78 is 38.5. The molecule has 0 aliphatic rings. The Bertz CT molecular complexity index is 1720. The molecular weight excluding hydrogens is 510 g/mol. The van der Waals surface area contributed by atoms with Gasteiger partial charge in [0.25, 0.3) is 0 Å². The van der Waals surface area contributed by atoms with Gasteiger partial charge in [-0.2, -0.15) is 0 Å². The molecule has 0 bridgehead atoms. The van der Waals surface area contributed by atoms with Gasteiger partial charge in [-0.05, 0) is 56.2 Å². The average molecular weight is 536 g/mol. The summed E-state index contributed by atoms with van der Waals surface area (Å²) in [5.41, 5.74) is 6.06. The van der Waals surface area contributed by atoms with Crippen molar-refractivity contribution in [1.82, 2.24) is 24.7 Å². The number of methoxy groups -OCH3 is 1. The predicted octanol–water partition coefficient (Wildman–Crippen LogP) is 4.59. The Morgan fingerprint density at radius 3 is 2.46 bits per heavy atom. The third-order valence-corrected chi connectivity index (χ3v) is 8.18. The molecule has 5 rings (SSSR count). The van der Waals surface area contributed by atoms with Crippen LogP contribution in [0.5, 0.6) is 11.8 Å². The van der Waals surface area contributed by atoms with Crippen LogP contribution in [0.1, 0.15) is 16.7 Å². The summed E-state index contributed by atoms with van der Waals surface area (Å²) >= 11 is 1.44. The van der Waals surface area contributed by atoms with Crippen LogP contribution in [-0.4, -0.2) is 48.6 Å². The van der Waals surface area contributed by atoms with Gasteiger partial charge in [0.15, 0.2) is 0 Å². The molecule has 0 spiro atoms. The minimum atomic E-state index is -3.60. The molecule has 0 fully saturated rings. The maximum absolute atomic E-state index is 12.5. The number of benzene rings is 2. The van der Waals surface area contributed by atoms with E-state index in [1.165, 1.54) is 11.3 Å². The second kappa shape index (κ2) is 10.0. The topological polar surface area (TPSA) is 116 Å². The Balaban J connectivity index is 1.35. The molecule has 9 nitrogen and oxygen atoms in total. The van der Waals surface area contributed by atoms with E-state index in [0.29, 0.717) is 11.8 Å². The highest BCUT2D eigenvalue weighted by molar-refractivity contribution is 7.89. The van der Waals surface area contributed by atoms with Gasteiger partial charge in [0.2, 0.25) is 21.8 Å².